The number of rotatable bonds is 4. The Kier molecular flexibility index (Phi) is 7.55. The Balaban J connectivity index is 0.00000364. The number of carbonyl (C=O) groups excluding carboxylic acids is 1. The standard InChI is InChI=1S/C17H23N3O6.ClH/c1-17(2,3)26-16(23)19-9-8-18(11-14(19)15(21)22)10-12-4-6-13(7-5-12)20(24)25;/h4-7,14H,8-11H2,1-3H3,(H,21,22);1H. The predicted octanol–water partition coefficient (Wildman–Crippen LogP) is 2.52. The van der Waals surface area contributed by atoms with Crippen molar-refractivity contribution in [2.45, 2.75) is 39.0 Å². The number of non-ortho nitro benzene ring substituents is 1. The first-order chi connectivity index (χ1) is 12.1. The highest BCUT2D eigenvalue weighted by Crippen LogP contribution is 2.19. The fourth-order valence-corrected chi connectivity index (χ4v) is 2.71. The van der Waals surface area contributed by atoms with Crippen LogP contribution in [0.3, 0.4) is 0 Å². The van der Waals surface area contributed by atoms with Gasteiger partial charge in [0.15, 0.2) is 0 Å². The van der Waals surface area contributed by atoms with Gasteiger partial charge in [0.2, 0.25) is 0 Å². The molecule has 0 saturated carbocycles. The van der Waals surface area contributed by atoms with Crippen LogP contribution in [0, 0.1) is 10.1 Å². The zero-order chi connectivity index (χ0) is 19.5. The van der Waals surface area contributed by atoms with Crippen molar-refractivity contribution in [3.63, 3.8) is 0 Å². The van der Waals surface area contributed by atoms with Gasteiger partial charge in [0.25, 0.3) is 5.69 Å². The molecule has 1 N–H and O–H groups in total. The average Bonchev–Trinajstić information content (AvgIpc) is 2.53. The lowest BCUT2D eigenvalue weighted by Crippen LogP contribution is -2.58. The number of hydrogen-bond acceptors (Lipinski definition) is 6. The summed E-state index contributed by atoms with van der Waals surface area (Å²) < 4.78 is 5.29. The molecule has 1 aromatic rings. The summed E-state index contributed by atoms with van der Waals surface area (Å²) in [6.45, 7) is 6.51. The number of nitrogens with zero attached hydrogens (tertiary/aromatic N) is 3. The monoisotopic (exact) mass is 401 g/mol. The molecule has 1 aliphatic rings. The molecule has 27 heavy (non-hydrogen) atoms. The van der Waals surface area contributed by atoms with E-state index in [2.05, 4.69) is 0 Å². The van der Waals surface area contributed by atoms with E-state index in [-0.39, 0.29) is 31.2 Å². The lowest BCUT2D eigenvalue weighted by Gasteiger charge is -2.39. The Morgan fingerprint density at radius 3 is 2.33 bits per heavy atom. The Morgan fingerprint density at radius 1 is 1.26 bits per heavy atom. The largest absolute Gasteiger partial charge is 0.480 e. The van der Waals surface area contributed by atoms with Crippen LogP contribution in [0.25, 0.3) is 0 Å². The second-order valence-electron chi connectivity index (χ2n) is 7.19. The van der Waals surface area contributed by atoms with E-state index in [1.165, 1.54) is 17.0 Å². The number of nitro benzene ring substituents is 1. The van der Waals surface area contributed by atoms with E-state index in [9.17, 15) is 24.8 Å². The van der Waals surface area contributed by atoms with Gasteiger partial charge in [0.1, 0.15) is 11.6 Å². The molecule has 0 aliphatic carbocycles. The van der Waals surface area contributed by atoms with E-state index < -0.39 is 28.6 Å². The first kappa shape index (κ1) is 22.7. The van der Waals surface area contributed by atoms with Gasteiger partial charge in [-0.2, -0.15) is 0 Å². The molecule has 1 unspecified atom stereocenters. The summed E-state index contributed by atoms with van der Waals surface area (Å²) in [7, 11) is 0. The Labute approximate surface area is 163 Å². The fraction of sp³-hybridized carbons (Fsp3) is 0.529. The van der Waals surface area contributed by atoms with Gasteiger partial charge in [-0.05, 0) is 26.3 Å². The Bertz CT molecular complexity index is 689. The summed E-state index contributed by atoms with van der Waals surface area (Å²) in [6, 6.07) is 5.13. The number of benzene rings is 1. The Morgan fingerprint density at radius 2 is 1.85 bits per heavy atom. The highest BCUT2D eigenvalue weighted by Gasteiger charge is 2.37. The van der Waals surface area contributed by atoms with Gasteiger partial charge in [0.05, 0.1) is 4.92 Å². The van der Waals surface area contributed by atoms with Gasteiger partial charge in [-0.1, -0.05) is 12.1 Å². The van der Waals surface area contributed by atoms with E-state index in [0.717, 1.165) is 5.56 Å². The summed E-state index contributed by atoms with van der Waals surface area (Å²) in [4.78, 5) is 37.2. The van der Waals surface area contributed by atoms with Crippen molar-refractivity contribution in [2.75, 3.05) is 19.6 Å². The number of carbonyl (C=O) groups is 2. The maximum Gasteiger partial charge on any atom is 0.411 e. The van der Waals surface area contributed by atoms with Gasteiger partial charge in [-0.3, -0.25) is 19.9 Å². The van der Waals surface area contributed by atoms with Crippen molar-refractivity contribution in [2.24, 2.45) is 0 Å². The number of amides is 1. The van der Waals surface area contributed by atoms with Crippen LogP contribution in [0.5, 0.6) is 0 Å². The maximum absolute atomic E-state index is 12.3. The molecule has 1 fully saturated rings. The van der Waals surface area contributed by atoms with Crippen molar-refractivity contribution >= 4 is 30.2 Å². The normalized spacial score (nSPS) is 17.7. The number of carboxylic acid groups (broad SMARTS) is 1. The first-order valence-corrected chi connectivity index (χ1v) is 8.25. The third-order valence-electron chi connectivity index (χ3n) is 3.93. The van der Waals surface area contributed by atoms with Crippen LogP contribution in [0.2, 0.25) is 0 Å². The number of piperazine rings is 1. The molecule has 1 saturated heterocycles. The Hall–Kier alpha value is -2.39. The topological polar surface area (TPSA) is 113 Å². The van der Waals surface area contributed by atoms with Crippen molar-refractivity contribution < 1.29 is 24.4 Å². The van der Waals surface area contributed by atoms with E-state index >= 15 is 0 Å². The molecule has 150 valence electrons. The quantitative estimate of drug-likeness (QED) is 0.609. The van der Waals surface area contributed by atoms with Gasteiger partial charge in [-0.25, -0.2) is 9.59 Å². The summed E-state index contributed by atoms with van der Waals surface area (Å²) in [5.74, 6) is -1.09. The minimum Gasteiger partial charge on any atom is -0.480 e. The van der Waals surface area contributed by atoms with Crippen LogP contribution in [-0.2, 0) is 16.1 Å². The van der Waals surface area contributed by atoms with Crippen molar-refractivity contribution in [3.05, 3.63) is 39.9 Å². The number of hydrogen-bond donors (Lipinski definition) is 1. The molecule has 1 atom stereocenters. The summed E-state index contributed by atoms with van der Waals surface area (Å²) in [5, 5.41) is 20.2. The maximum atomic E-state index is 12.3. The van der Waals surface area contributed by atoms with Crippen LogP contribution in [0.15, 0.2) is 24.3 Å². The molecule has 2 rings (SSSR count). The predicted molar refractivity (Wildman–Crippen MR) is 100.0 cm³/mol. The van der Waals surface area contributed by atoms with E-state index in [1.807, 2.05) is 4.90 Å². The van der Waals surface area contributed by atoms with Crippen LogP contribution < -0.4 is 0 Å². The zero-order valence-electron chi connectivity index (χ0n) is 15.5. The lowest BCUT2D eigenvalue weighted by molar-refractivity contribution is -0.384. The minimum atomic E-state index is -1.09. The molecule has 1 heterocycles. The molecule has 0 aromatic heterocycles. The summed E-state index contributed by atoms with van der Waals surface area (Å²) in [5.41, 5.74) is 0.146. The second kappa shape index (κ2) is 9.01. The van der Waals surface area contributed by atoms with Gasteiger partial charge < -0.3 is 9.84 Å². The molecular formula is C17H24ClN3O6. The van der Waals surface area contributed by atoms with Gasteiger partial charge in [0, 0.05) is 38.3 Å². The molecular weight excluding hydrogens is 378 g/mol. The SMILES string of the molecule is CC(C)(C)OC(=O)N1CCN(Cc2ccc([N+](=O)[O-])cc2)CC1C(=O)O.Cl. The van der Waals surface area contributed by atoms with Crippen LogP contribution in [-0.4, -0.2) is 63.2 Å². The highest BCUT2D eigenvalue weighted by molar-refractivity contribution is 5.85. The number of aliphatic carboxylic acids is 1. The highest BCUT2D eigenvalue weighted by atomic mass is 35.5. The van der Waals surface area contributed by atoms with E-state index in [1.54, 1.807) is 32.9 Å². The van der Waals surface area contributed by atoms with Crippen molar-refractivity contribution in [3.8, 4) is 0 Å². The molecule has 0 bridgehead atoms. The van der Waals surface area contributed by atoms with Crippen LogP contribution in [0.1, 0.15) is 26.3 Å². The lowest BCUT2D eigenvalue weighted by atomic mass is 10.1. The van der Waals surface area contributed by atoms with E-state index in [0.29, 0.717) is 13.1 Å². The summed E-state index contributed by atoms with van der Waals surface area (Å²) >= 11 is 0. The molecule has 1 amide bonds. The van der Waals surface area contributed by atoms with Crippen LogP contribution >= 0.6 is 12.4 Å². The van der Waals surface area contributed by atoms with E-state index in [4.69, 9.17) is 4.74 Å². The molecule has 9 nitrogen and oxygen atoms in total. The number of halogens is 1. The van der Waals surface area contributed by atoms with Crippen molar-refractivity contribution in [1.29, 1.82) is 0 Å². The number of carboxylic acids is 1. The molecule has 10 heteroatoms. The zero-order valence-corrected chi connectivity index (χ0v) is 16.3. The summed E-state index contributed by atoms with van der Waals surface area (Å²) in [6.07, 6.45) is -0.639. The first-order valence-electron chi connectivity index (χ1n) is 8.25. The minimum absolute atomic E-state index is 0. The smallest absolute Gasteiger partial charge is 0.411 e. The second-order valence-corrected chi connectivity index (χ2v) is 7.19. The number of ether oxygens (including phenoxy) is 1. The third kappa shape index (κ3) is 6.37. The van der Waals surface area contributed by atoms with Gasteiger partial charge in [-0.15, -0.1) is 12.4 Å². The third-order valence-corrected chi connectivity index (χ3v) is 3.93. The van der Waals surface area contributed by atoms with Gasteiger partial charge >= 0.3 is 12.1 Å². The average molecular weight is 402 g/mol. The molecule has 0 spiro atoms. The fourth-order valence-electron chi connectivity index (χ4n) is 2.71. The van der Waals surface area contributed by atoms with Crippen LogP contribution in [0.4, 0.5) is 10.5 Å². The molecule has 0 radical (unpaired) electrons. The molecule has 1 aromatic carbocycles. The number of nitro groups is 1. The van der Waals surface area contributed by atoms with Crippen molar-refractivity contribution in [1.82, 2.24) is 9.80 Å². The molecule has 1 aliphatic heterocycles.